The van der Waals surface area contributed by atoms with Gasteiger partial charge in [-0.2, -0.15) is 10.2 Å². The van der Waals surface area contributed by atoms with Gasteiger partial charge in [0.15, 0.2) is 0 Å². The number of hydrogen-bond donors (Lipinski definition) is 1. The van der Waals surface area contributed by atoms with E-state index < -0.39 is 0 Å². The zero-order valence-corrected chi connectivity index (χ0v) is 9.74. The van der Waals surface area contributed by atoms with Gasteiger partial charge in [-0.3, -0.25) is 4.68 Å². The Hall–Kier alpha value is -1.43. The molecule has 2 N–H and O–H groups in total. The molecule has 16 heavy (non-hydrogen) atoms. The van der Waals surface area contributed by atoms with Crippen LogP contribution >= 0.6 is 0 Å². The lowest BCUT2D eigenvalue weighted by Crippen LogP contribution is -2.29. The number of hydrogen-bond acceptors (Lipinski definition) is 5. The first-order valence-corrected chi connectivity index (χ1v) is 5.65. The van der Waals surface area contributed by atoms with E-state index in [1.165, 1.54) is 0 Å². The van der Waals surface area contributed by atoms with Gasteiger partial charge in [-0.25, -0.2) is 5.01 Å². The van der Waals surface area contributed by atoms with Crippen LogP contribution in [0.4, 0.5) is 5.69 Å². The van der Waals surface area contributed by atoms with Crippen molar-refractivity contribution in [1.29, 1.82) is 0 Å². The van der Waals surface area contributed by atoms with E-state index in [0.717, 1.165) is 18.7 Å². The van der Waals surface area contributed by atoms with Crippen molar-refractivity contribution in [2.75, 3.05) is 11.6 Å². The third-order valence-electron chi connectivity index (χ3n) is 2.89. The van der Waals surface area contributed by atoms with E-state index >= 15 is 0 Å². The minimum Gasteiger partial charge on any atom is -0.330 e. The first-order valence-electron chi connectivity index (χ1n) is 5.65. The summed E-state index contributed by atoms with van der Waals surface area (Å²) < 4.78 is 1.90. The zero-order chi connectivity index (χ0) is 11.5. The fraction of sp³-hybridized carbons (Fsp3) is 0.700. The highest BCUT2D eigenvalue weighted by Crippen LogP contribution is 2.24. The second-order valence-electron chi connectivity index (χ2n) is 4.13. The van der Waals surface area contributed by atoms with Gasteiger partial charge < -0.3 is 5.73 Å². The van der Waals surface area contributed by atoms with E-state index in [-0.39, 0.29) is 6.04 Å². The summed E-state index contributed by atoms with van der Waals surface area (Å²) in [6.07, 6.45) is 4.75. The van der Waals surface area contributed by atoms with Gasteiger partial charge in [0.05, 0.1) is 30.2 Å². The fourth-order valence-electron chi connectivity index (χ4n) is 1.65. The maximum atomic E-state index is 5.46. The van der Waals surface area contributed by atoms with Crippen LogP contribution in [0.15, 0.2) is 22.7 Å². The highest BCUT2D eigenvalue weighted by molar-refractivity contribution is 5.43. The minimum absolute atomic E-state index is 0.243. The van der Waals surface area contributed by atoms with Crippen molar-refractivity contribution in [2.24, 2.45) is 16.1 Å². The normalized spacial score (nSPS) is 24.3. The lowest BCUT2D eigenvalue weighted by Gasteiger charge is -2.17. The Morgan fingerprint density at radius 1 is 1.44 bits per heavy atom. The molecule has 1 aromatic heterocycles. The van der Waals surface area contributed by atoms with Gasteiger partial charge in [-0.15, -0.1) is 0 Å². The lowest BCUT2D eigenvalue weighted by molar-refractivity contribution is 0.584. The largest absolute Gasteiger partial charge is 0.330 e. The topological polar surface area (TPSA) is 71.8 Å². The molecule has 0 aliphatic carbocycles. The molecule has 0 saturated heterocycles. The number of nitrogens with two attached hydrogens (primary N) is 1. The Morgan fingerprint density at radius 3 is 2.88 bits per heavy atom. The number of aryl methyl sites for hydroxylation is 1. The van der Waals surface area contributed by atoms with Crippen LogP contribution in [0, 0.1) is 0 Å². The van der Waals surface area contributed by atoms with Crippen molar-refractivity contribution in [1.82, 2.24) is 9.78 Å². The van der Waals surface area contributed by atoms with Crippen LogP contribution in [0.5, 0.6) is 0 Å². The summed E-state index contributed by atoms with van der Waals surface area (Å²) >= 11 is 0. The molecule has 0 amide bonds. The fourth-order valence-corrected chi connectivity index (χ4v) is 1.65. The Morgan fingerprint density at radius 2 is 2.25 bits per heavy atom. The highest BCUT2D eigenvalue weighted by atomic mass is 15.6. The van der Waals surface area contributed by atoms with Gasteiger partial charge in [-0.05, 0) is 26.8 Å². The SMILES string of the molecule is CC1N=NN(c2cnn(CCCN)c2)C1C. The smallest absolute Gasteiger partial charge is 0.0994 e. The molecule has 1 aromatic rings. The van der Waals surface area contributed by atoms with Gasteiger partial charge in [-0.1, -0.05) is 5.22 Å². The molecule has 2 rings (SSSR count). The van der Waals surface area contributed by atoms with Crippen LogP contribution in [0.3, 0.4) is 0 Å². The van der Waals surface area contributed by atoms with Gasteiger partial charge in [0.25, 0.3) is 0 Å². The molecule has 1 aliphatic rings. The monoisotopic (exact) mass is 222 g/mol. The van der Waals surface area contributed by atoms with Crippen LogP contribution in [-0.2, 0) is 6.54 Å². The second kappa shape index (κ2) is 4.61. The summed E-state index contributed by atoms with van der Waals surface area (Å²) in [5.74, 6) is 0. The Labute approximate surface area is 95.1 Å². The molecule has 2 unspecified atom stereocenters. The van der Waals surface area contributed by atoms with E-state index in [2.05, 4.69) is 29.3 Å². The third kappa shape index (κ3) is 2.06. The molecule has 0 bridgehead atoms. The van der Waals surface area contributed by atoms with Crippen LogP contribution < -0.4 is 10.7 Å². The standard InChI is InChI=1S/C10H18N6/c1-8-9(2)16(14-13-8)10-6-12-15(7-10)5-3-4-11/h6-9H,3-5,11H2,1-2H3. The molecule has 6 nitrogen and oxygen atoms in total. The van der Waals surface area contributed by atoms with Gasteiger partial charge in [0.2, 0.25) is 0 Å². The van der Waals surface area contributed by atoms with E-state index in [1.54, 1.807) is 0 Å². The molecule has 6 heteroatoms. The molecule has 0 fully saturated rings. The van der Waals surface area contributed by atoms with Crippen molar-refractivity contribution in [3.8, 4) is 0 Å². The minimum atomic E-state index is 0.243. The quantitative estimate of drug-likeness (QED) is 0.831. The first-order chi connectivity index (χ1) is 7.72. The van der Waals surface area contributed by atoms with Crippen LogP contribution in [0.2, 0.25) is 0 Å². The molecule has 88 valence electrons. The van der Waals surface area contributed by atoms with E-state index in [4.69, 9.17) is 5.73 Å². The average molecular weight is 222 g/mol. The first kappa shape index (κ1) is 11.1. The lowest BCUT2D eigenvalue weighted by atomic mass is 10.2. The second-order valence-corrected chi connectivity index (χ2v) is 4.13. The molecule has 0 aromatic carbocycles. The van der Waals surface area contributed by atoms with Gasteiger partial charge >= 0.3 is 0 Å². The van der Waals surface area contributed by atoms with E-state index in [1.807, 2.05) is 22.1 Å². The number of anilines is 1. The van der Waals surface area contributed by atoms with Crippen molar-refractivity contribution >= 4 is 5.69 Å². The zero-order valence-electron chi connectivity index (χ0n) is 9.74. The summed E-state index contributed by atoms with van der Waals surface area (Å²) in [5.41, 5.74) is 6.46. The summed E-state index contributed by atoms with van der Waals surface area (Å²) in [6, 6.07) is 0.541. The molecule has 0 spiro atoms. The Bertz CT molecular complexity index is 371. The molecule has 2 atom stereocenters. The highest BCUT2D eigenvalue weighted by Gasteiger charge is 2.26. The van der Waals surface area contributed by atoms with Crippen LogP contribution in [0.25, 0.3) is 0 Å². The van der Waals surface area contributed by atoms with E-state index in [0.29, 0.717) is 12.6 Å². The third-order valence-corrected chi connectivity index (χ3v) is 2.89. The van der Waals surface area contributed by atoms with E-state index in [9.17, 15) is 0 Å². The van der Waals surface area contributed by atoms with Crippen molar-refractivity contribution < 1.29 is 0 Å². The molecule has 0 saturated carbocycles. The number of aromatic nitrogens is 2. The predicted molar refractivity (Wildman–Crippen MR) is 62.2 cm³/mol. The number of rotatable bonds is 4. The van der Waals surface area contributed by atoms with Crippen molar-refractivity contribution in [3.63, 3.8) is 0 Å². The van der Waals surface area contributed by atoms with Gasteiger partial charge in [0, 0.05) is 6.54 Å². The molecule has 0 radical (unpaired) electrons. The average Bonchev–Trinajstić information content (AvgIpc) is 2.85. The Balaban J connectivity index is 2.05. The molecule has 1 aliphatic heterocycles. The summed E-state index contributed by atoms with van der Waals surface area (Å²) in [6.45, 7) is 5.71. The van der Waals surface area contributed by atoms with Crippen LogP contribution in [0.1, 0.15) is 20.3 Å². The maximum absolute atomic E-state index is 5.46. The van der Waals surface area contributed by atoms with Gasteiger partial charge in [0.1, 0.15) is 0 Å². The van der Waals surface area contributed by atoms with Crippen molar-refractivity contribution in [3.05, 3.63) is 12.4 Å². The summed E-state index contributed by atoms with van der Waals surface area (Å²) in [5, 5.41) is 14.5. The predicted octanol–water partition coefficient (Wildman–Crippen LogP) is 1.20. The summed E-state index contributed by atoms with van der Waals surface area (Å²) in [4.78, 5) is 0. The molecular weight excluding hydrogens is 204 g/mol. The Kier molecular flexibility index (Phi) is 3.19. The summed E-state index contributed by atoms with van der Waals surface area (Å²) in [7, 11) is 0. The molecule has 2 heterocycles. The number of nitrogens with zero attached hydrogens (tertiary/aromatic N) is 5. The molecular formula is C10H18N6. The van der Waals surface area contributed by atoms with Crippen LogP contribution in [-0.4, -0.2) is 28.4 Å². The maximum Gasteiger partial charge on any atom is 0.0994 e. The van der Waals surface area contributed by atoms with Crippen molar-refractivity contribution in [2.45, 2.75) is 38.9 Å².